The Hall–Kier alpha value is -2.58. The standard InChI is InChI=1S/C20H26N2O5S/c1-6-17(14-10-11-18(26-4)19(13-14)27-5)21-20(23)15-8-7-9-16(12-15)28(24,25)22(2)3/h7-13,17H,6H2,1-5H3,(H,21,23). The summed E-state index contributed by atoms with van der Waals surface area (Å²) < 4.78 is 36.3. The molecule has 0 radical (unpaired) electrons. The molecule has 0 saturated carbocycles. The van der Waals surface area contributed by atoms with Crippen LogP contribution in [0, 0.1) is 0 Å². The van der Waals surface area contributed by atoms with E-state index in [4.69, 9.17) is 9.47 Å². The third kappa shape index (κ3) is 4.63. The number of hydrogen-bond donors (Lipinski definition) is 1. The Labute approximate surface area is 166 Å². The average Bonchev–Trinajstić information content (AvgIpc) is 2.71. The third-order valence-electron chi connectivity index (χ3n) is 4.40. The summed E-state index contributed by atoms with van der Waals surface area (Å²) in [6, 6.07) is 11.2. The van der Waals surface area contributed by atoms with Gasteiger partial charge in [-0.25, -0.2) is 12.7 Å². The summed E-state index contributed by atoms with van der Waals surface area (Å²) in [5, 5.41) is 2.95. The summed E-state index contributed by atoms with van der Waals surface area (Å²) in [5.41, 5.74) is 1.15. The first-order chi connectivity index (χ1) is 13.2. The van der Waals surface area contributed by atoms with Crippen LogP contribution in [0.3, 0.4) is 0 Å². The first kappa shape index (κ1) is 21.7. The topological polar surface area (TPSA) is 84.9 Å². The number of nitrogens with zero attached hydrogens (tertiary/aromatic N) is 1. The van der Waals surface area contributed by atoms with Crippen molar-refractivity contribution in [1.29, 1.82) is 0 Å². The molecule has 1 atom stereocenters. The van der Waals surface area contributed by atoms with Crippen molar-refractivity contribution in [3.8, 4) is 11.5 Å². The summed E-state index contributed by atoms with van der Waals surface area (Å²) in [6.07, 6.45) is 0.650. The Balaban J connectivity index is 2.28. The van der Waals surface area contributed by atoms with Gasteiger partial charge in [-0.1, -0.05) is 19.1 Å². The van der Waals surface area contributed by atoms with Crippen LogP contribution in [0.4, 0.5) is 0 Å². The normalized spacial score (nSPS) is 12.5. The number of amides is 1. The van der Waals surface area contributed by atoms with Gasteiger partial charge in [-0.15, -0.1) is 0 Å². The van der Waals surface area contributed by atoms with Gasteiger partial charge in [0, 0.05) is 19.7 Å². The molecule has 0 heterocycles. The molecule has 2 rings (SSSR count). The molecule has 0 aliphatic rings. The molecule has 0 aliphatic heterocycles. The minimum Gasteiger partial charge on any atom is -0.493 e. The molecule has 2 aromatic rings. The molecule has 1 unspecified atom stereocenters. The molecule has 1 N–H and O–H groups in total. The molecule has 0 aromatic heterocycles. The highest BCUT2D eigenvalue weighted by Gasteiger charge is 2.20. The Bertz CT molecular complexity index is 941. The van der Waals surface area contributed by atoms with E-state index >= 15 is 0 Å². The highest BCUT2D eigenvalue weighted by Crippen LogP contribution is 2.31. The molecular weight excluding hydrogens is 380 g/mol. The van der Waals surface area contributed by atoms with Crippen LogP contribution in [0.15, 0.2) is 47.4 Å². The average molecular weight is 407 g/mol. The number of sulfonamides is 1. The first-order valence-electron chi connectivity index (χ1n) is 8.80. The van der Waals surface area contributed by atoms with Crippen LogP contribution in [0.2, 0.25) is 0 Å². The lowest BCUT2D eigenvalue weighted by Gasteiger charge is -2.19. The number of nitrogens with one attached hydrogen (secondary N) is 1. The maximum absolute atomic E-state index is 12.7. The Kier molecular flexibility index (Phi) is 7.04. The van der Waals surface area contributed by atoms with E-state index in [1.165, 1.54) is 26.2 Å². The molecule has 0 fully saturated rings. The van der Waals surface area contributed by atoms with E-state index in [1.807, 2.05) is 19.1 Å². The van der Waals surface area contributed by atoms with Crippen molar-refractivity contribution in [2.24, 2.45) is 0 Å². The predicted octanol–water partition coefficient (Wildman–Crippen LogP) is 2.84. The van der Waals surface area contributed by atoms with Crippen molar-refractivity contribution in [3.05, 3.63) is 53.6 Å². The smallest absolute Gasteiger partial charge is 0.251 e. The summed E-state index contributed by atoms with van der Waals surface area (Å²) >= 11 is 0. The number of rotatable bonds is 8. The van der Waals surface area contributed by atoms with Gasteiger partial charge in [-0.2, -0.15) is 0 Å². The van der Waals surface area contributed by atoms with Gasteiger partial charge in [-0.05, 0) is 42.3 Å². The second-order valence-electron chi connectivity index (χ2n) is 6.36. The molecule has 28 heavy (non-hydrogen) atoms. The molecular formula is C20H26N2O5S. The maximum atomic E-state index is 12.7. The highest BCUT2D eigenvalue weighted by atomic mass is 32.2. The largest absolute Gasteiger partial charge is 0.493 e. The Morgan fingerprint density at radius 2 is 1.75 bits per heavy atom. The van der Waals surface area contributed by atoms with Crippen molar-refractivity contribution in [2.45, 2.75) is 24.3 Å². The number of hydrogen-bond acceptors (Lipinski definition) is 5. The van der Waals surface area contributed by atoms with Crippen LogP contribution < -0.4 is 14.8 Å². The van der Waals surface area contributed by atoms with Gasteiger partial charge in [0.05, 0.1) is 25.2 Å². The van der Waals surface area contributed by atoms with E-state index in [0.29, 0.717) is 17.9 Å². The quantitative estimate of drug-likeness (QED) is 0.729. The lowest BCUT2D eigenvalue weighted by atomic mass is 10.0. The Morgan fingerprint density at radius 1 is 1.07 bits per heavy atom. The zero-order chi connectivity index (χ0) is 20.9. The van der Waals surface area contributed by atoms with Crippen LogP contribution in [0.5, 0.6) is 11.5 Å². The van der Waals surface area contributed by atoms with Crippen LogP contribution >= 0.6 is 0 Å². The lowest BCUT2D eigenvalue weighted by molar-refractivity contribution is 0.0935. The molecule has 1 amide bonds. The van der Waals surface area contributed by atoms with Gasteiger partial charge in [-0.3, -0.25) is 4.79 Å². The number of carbonyl (C=O) groups excluding carboxylic acids is 1. The molecule has 7 nitrogen and oxygen atoms in total. The Morgan fingerprint density at radius 3 is 2.32 bits per heavy atom. The van der Waals surface area contributed by atoms with Crippen LogP contribution in [-0.4, -0.2) is 46.9 Å². The molecule has 0 saturated heterocycles. The van der Waals surface area contributed by atoms with Gasteiger partial charge in [0.15, 0.2) is 11.5 Å². The summed E-state index contributed by atoms with van der Waals surface area (Å²) in [7, 11) is 2.40. The van der Waals surface area contributed by atoms with Crippen LogP contribution in [0.1, 0.15) is 35.3 Å². The van der Waals surface area contributed by atoms with Crippen molar-refractivity contribution in [3.63, 3.8) is 0 Å². The fraction of sp³-hybridized carbons (Fsp3) is 0.350. The number of benzene rings is 2. The minimum absolute atomic E-state index is 0.0734. The van der Waals surface area contributed by atoms with Gasteiger partial charge >= 0.3 is 0 Å². The van der Waals surface area contributed by atoms with Crippen molar-refractivity contribution in [1.82, 2.24) is 9.62 Å². The lowest BCUT2D eigenvalue weighted by Crippen LogP contribution is -2.28. The fourth-order valence-electron chi connectivity index (χ4n) is 2.74. The van der Waals surface area contributed by atoms with Gasteiger partial charge in [0.2, 0.25) is 10.0 Å². The maximum Gasteiger partial charge on any atom is 0.251 e. The monoisotopic (exact) mass is 406 g/mol. The summed E-state index contributed by atoms with van der Waals surface area (Å²) in [4.78, 5) is 12.8. The second-order valence-corrected chi connectivity index (χ2v) is 8.52. The van der Waals surface area contributed by atoms with Crippen molar-refractivity contribution < 1.29 is 22.7 Å². The molecule has 152 valence electrons. The molecule has 2 aromatic carbocycles. The van der Waals surface area contributed by atoms with Gasteiger partial charge in [0.25, 0.3) is 5.91 Å². The van der Waals surface area contributed by atoms with E-state index in [-0.39, 0.29) is 22.4 Å². The van der Waals surface area contributed by atoms with E-state index in [0.717, 1.165) is 9.87 Å². The van der Waals surface area contributed by atoms with Crippen molar-refractivity contribution in [2.75, 3.05) is 28.3 Å². The number of ether oxygens (including phenoxy) is 2. The molecule has 8 heteroatoms. The van der Waals surface area contributed by atoms with Crippen LogP contribution in [-0.2, 0) is 10.0 Å². The predicted molar refractivity (Wildman–Crippen MR) is 107 cm³/mol. The molecule has 0 aliphatic carbocycles. The summed E-state index contributed by atoms with van der Waals surface area (Å²) in [6.45, 7) is 1.95. The zero-order valence-corrected chi connectivity index (χ0v) is 17.5. The first-order valence-corrected chi connectivity index (χ1v) is 10.2. The van der Waals surface area contributed by atoms with Gasteiger partial charge < -0.3 is 14.8 Å². The number of methoxy groups -OCH3 is 2. The second kappa shape index (κ2) is 9.07. The van der Waals surface area contributed by atoms with Gasteiger partial charge in [0.1, 0.15) is 0 Å². The third-order valence-corrected chi connectivity index (χ3v) is 6.21. The molecule has 0 spiro atoms. The number of carbonyl (C=O) groups is 1. The highest BCUT2D eigenvalue weighted by molar-refractivity contribution is 7.89. The van der Waals surface area contributed by atoms with E-state index in [2.05, 4.69) is 5.32 Å². The SMILES string of the molecule is CCC(NC(=O)c1cccc(S(=O)(=O)N(C)C)c1)c1ccc(OC)c(OC)c1. The fourth-order valence-corrected chi connectivity index (χ4v) is 3.69. The van der Waals surface area contributed by atoms with Crippen molar-refractivity contribution >= 4 is 15.9 Å². The summed E-state index contributed by atoms with van der Waals surface area (Å²) in [5.74, 6) is 0.832. The van der Waals surface area contributed by atoms with Crippen LogP contribution in [0.25, 0.3) is 0 Å². The van der Waals surface area contributed by atoms with E-state index in [1.54, 1.807) is 32.4 Å². The molecule has 0 bridgehead atoms. The minimum atomic E-state index is -3.61. The van der Waals surface area contributed by atoms with E-state index < -0.39 is 10.0 Å². The van der Waals surface area contributed by atoms with E-state index in [9.17, 15) is 13.2 Å². The zero-order valence-electron chi connectivity index (χ0n) is 16.7.